The number of hydrogen-bond donors (Lipinski definition) is 0. The number of rotatable bonds is 8. The van der Waals surface area contributed by atoms with Gasteiger partial charge in [-0.2, -0.15) is 0 Å². The topological polar surface area (TPSA) is 49.9 Å². The SMILES string of the molecule is CC(=O)OC1CCN(CC(c2ccccc2)N(C)C(=O)C(c2ccccc2)c2ccccc2)C1. The van der Waals surface area contributed by atoms with Crippen molar-refractivity contribution in [2.24, 2.45) is 0 Å². The van der Waals surface area contributed by atoms with Crippen molar-refractivity contribution in [2.45, 2.75) is 31.4 Å². The van der Waals surface area contributed by atoms with Gasteiger partial charge in [0.05, 0.1) is 12.0 Å². The summed E-state index contributed by atoms with van der Waals surface area (Å²) in [6, 6.07) is 30.0. The zero-order chi connectivity index (χ0) is 23.9. The Morgan fingerprint density at radius 1 is 0.882 bits per heavy atom. The highest BCUT2D eigenvalue weighted by molar-refractivity contribution is 5.87. The van der Waals surface area contributed by atoms with E-state index in [1.54, 1.807) is 0 Å². The number of amides is 1. The summed E-state index contributed by atoms with van der Waals surface area (Å²) < 4.78 is 5.43. The average Bonchev–Trinajstić information content (AvgIpc) is 3.30. The minimum absolute atomic E-state index is 0.0574. The fourth-order valence-corrected chi connectivity index (χ4v) is 4.79. The van der Waals surface area contributed by atoms with Crippen molar-refractivity contribution >= 4 is 11.9 Å². The standard InChI is InChI=1S/C29H32N2O3/c1-22(32)34-26-18-19-31(20-26)21-27(23-12-6-3-7-13-23)30(2)29(33)28(24-14-8-4-9-15-24)25-16-10-5-11-17-25/h3-17,26-28H,18-21H2,1-2H3. The van der Waals surface area contributed by atoms with Crippen LogP contribution in [0.1, 0.15) is 42.0 Å². The summed E-state index contributed by atoms with van der Waals surface area (Å²) in [5, 5.41) is 0. The highest BCUT2D eigenvalue weighted by Crippen LogP contribution is 2.31. The van der Waals surface area contributed by atoms with E-state index in [-0.39, 0.29) is 29.9 Å². The molecule has 1 saturated heterocycles. The molecule has 1 amide bonds. The molecule has 34 heavy (non-hydrogen) atoms. The second-order valence-corrected chi connectivity index (χ2v) is 8.91. The van der Waals surface area contributed by atoms with Crippen LogP contribution in [-0.2, 0) is 14.3 Å². The summed E-state index contributed by atoms with van der Waals surface area (Å²) in [6.07, 6.45) is 0.728. The molecule has 0 saturated carbocycles. The molecule has 5 nitrogen and oxygen atoms in total. The van der Waals surface area contributed by atoms with E-state index in [9.17, 15) is 9.59 Å². The van der Waals surface area contributed by atoms with Gasteiger partial charge in [-0.05, 0) is 23.1 Å². The van der Waals surface area contributed by atoms with Gasteiger partial charge in [-0.25, -0.2) is 0 Å². The van der Waals surface area contributed by atoms with Crippen LogP contribution >= 0.6 is 0 Å². The maximum atomic E-state index is 14.1. The highest BCUT2D eigenvalue weighted by atomic mass is 16.5. The summed E-state index contributed by atoms with van der Waals surface area (Å²) in [5.74, 6) is -0.569. The number of esters is 1. The quantitative estimate of drug-likeness (QED) is 0.463. The molecule has 0 aromatic heterocycles. The van der Waals surface area contributed by atoms with Crippen LogP contribution in [0.3, 0.4) is 0 Å². The average molecular weight is 457 g/mol. The maximum Gasteiger partial charge on any atom is 0.302 e. The molecule has 1 aliphatic rings. The van der Waals surface area contributed by atoms with E-state index in [0.717, 1.165) is 29.7 Å². The Balaban J connectivity index is 1.61. The predicted molar refractivity (Wildman–Crippen MR) is 133 cm³/mol. The van der Waals surface area contributed by atoms with Gasteiger partial charge in [-0.1, -0.05) is 91.0 Å². The molecule has 0 aliphatic carbocycles. The number of hydrogen-bond acceptors (Lipinski definition) is 4. The van der Waals surface area contributed by atoms with Gasteiger partial charge in [-0.15, -0.1) is 0 Å². The molecule has 4 rings (SSSR count). The number of likely N-dealkylation sites (tertiary alicyclic amines) is 1. The molecule has 3 aromatic carbocycles. The molecule has 5 heteroatoms. The molecule has 1 heterocycles. The normalized spacial score (nSPS) is 16.9. The molecular formula is C29H32N2O3. The van der Waals surface area contributed by atoms with Gasteiger partial charge in [0.15, 0.2) is 0 Å². The Morgan fingerprint density at radius 3 is 1.88 bits per heavy atom. The fourth-order valence-electron chi connectivity index (χ4n) is 4.79. The molecule has 0 radical (unpaired) electrons. The Bertz CT molecular complexity index is 1030. The van der Waals surface area contributed by atoms with Crippen molar-refractivity contribution in [2.75, 3.05) is 26.7 Å². The van der Waals surface area contributed by atoms with Gasteiger partial charge in [0.2, 0.25) is 5.91 Å². The van der Waals surface area contributed by atoms with E-state index in [1.165, 1.54) is 6.92 Å². The fraction of sp³-hybridized carbons (Fsp3) is 0.310. The van der Waals surface area contributed by atoms with Gasteiger partial charge in [0.1, 0.15) is 6.10 Å². The second kappa shape index (κ2) is 11.1. The first kappa shape index (κ1) is 23.7. The number of carbonyl (C=O) groups excluding carboxylic acids is 2. The van der Waals surface area contributed by atoms with Crippen molar-refractivity contribution in [1.29, 1.82) is 0 Å². The Kier molecular flexibility index (Phi) is 7.76. The van der Waals surface area contributed by atoms with Crippen LogP contribution in [0, 0.1) is 0 Å². The molecule has 1 aliphatic heterocycles. The summed E-state index contributed by atoms with van der Waals surface area (Å²) in [4.78, 5) is 29.7. The molecule has 2 atom stereocenters. The lowest BCUT2D eigenvalue weighted by Gasteiger charge is -2.34. The van der Waals surface area contributed by atoms with Gasteiger partial charge in [0.25, 0.3) is 0 Å². The van der Waals surface area contributed by atoms with Crippen LogP contribution in [0.5, 0.6) is 0 Å². The van der Waals surface area contributed by atoms with Crippen molar-refractivity contribution in [3.63, 3.8) is 0 Å². The molecular weight excluding hydrogens is 424 g/mol. The van der Waals surface area contributed by atoms with Crippen LogP contribution in [0.15, 0.2) is 91.0 Å². The first-order valence-electron chi connectivity index (χ1n) is 11.8. The van der Waals surface area contributed by atoms with Gasteiger partial charge in [-0.3, -0.25) is 14.5 Å². The minimum atomic E-state index is -0.383. The molecule has 3 aromatic rings. The zero-order valence-corrected chi connectivity index (χ0v) is 19.8. The van der Waals surface area contributed by atoms with Crippen molar-refractivity contribution in [3.05, 3.63) is 108 Å². The highest BCUT2D eigenvalue weighted by Gasteiger charge is 2.33. The van der Waals surface area contributed by atoms with Crippen LogP contribution < -0.4 is 0 Å². The summed E-state index contributed by atoms with van der Waals surface area (Å²) in [6.45, 7) is 3.66. The van der Waals surface area contributed by atoms with Crippen LogP contribution in [-0.4, -0.2) is 54.5 Å². The lowest BCUT2D eigenvalue weighted by molar-refractivity contribution is -0.145. The Labute approximate surface area is 202 Å². The van der Waals surface area contributed by atoms with Gasteiger partial charge < -0.3 is 9.64 Å². The van der Waals surface area contributed by atoms with Crippen molar-refractivity contribution in [3.8, 4) is 0 Å². The number of nitrogens with zero attached hydrogens (tertiary/aromatic N) is 2. The van der Waals surface area contributed by atoms with Crippen LogP contribution in [0.25, 0.3) is 0 Å². The third kappa shape index (κ3) is 5.72. The van der Waals surface area contributed by atoms with E-state index in [1.807, 2.05) is 90.8 Å². The van der Waals surface area contributed by atoms with Gasteiger partial charge in [0, 0.05) is 33.6 Å². The number of carbonyl (C=O) groups is 2. The van der Waals surface area contributed by atoms with Crippen molar-refractivity contribution in [1.82, 2.24) is 9.80 Å². The van der Waals surface area contributed by atoms with Gasteiger partial charge >= 0.3 is 5.97 Å². The summed E-state index contributed by atoms with van der Waals surface area (Å²) >= 11 is 0. The van der Waals surface area contributed by atoms with E-state index < -0.39 is 0 Å². The molecule has 176 valence electrons. The molecule has 0 bridgehead atoms. The smallest absolute Gasteiger partial charge is 0.302 e. The predicted octanol–water partition coefficient (Wildman–Crippen LogP) is 4.66. The number of ether oxygens (including phenoxy) is 1. The zero-order valence-electron chi connectivity index (χ0n) is 19.8. The van der Waals surface area contributed by atoms with E-state index in [0.29, 0.717) is 13.1 Å². The lowest BCUT2D eigenvalue weighted by atomic mass is 9.89. The third-order valence-electron chi connectivity index (χ3n) is 6.51. The number of likely N-dealkylation sites (N-methyl/N-ethyl adjacent to an activating group) is 1. The van der Waals surface area contributed by atoms with E-state index in [2.05, 4.69) is 17.0 Å². The minimum Gasteiger partial charge on any atom is -0.461 e. The maximum absolute atomic E-state index is 14.1. The third-order valence-corrected chi connectivity index (χ3v) is 6.51. The largest absolute Gasteiger partial charge is 0.461 e. The Morgan fingerprint density at radius 2 is 1.38 bits per heavy atom. The van der Waals surface area contributed by atoms with E-state index >= 15 is 0 Å². The number of benzene rings is 3. The monoisotopic (exact) mass is 456 g/mol. The summed E-state index contributed by atoms with van der Waals surface area (Å²) in [5.41, 5.74) is 3.05. The van der Waals surface area contributed by atoms with Crippen molar-refractivity contribution < 1.29 is 14.3 Å². The first-order valence-corrected chi connectivity index (χ1v) is 11.8. The molecule has 1 fully saturated rings. The summed E-state index contributed by atoms with van der Waals surface area (Å²) in [7, 11) is 1.90. The first-order chi connectivity index (χ1) is 16.5. The van der Waals surface area contributed by atoms with Crippen LogP contribution in [0.2, 0.25) is 0 Å². The lowest BCUT2D eigenvalue weighted by Crippen LogP contribution is -2.41. The Hall–Kier alpha value is -3.44. The van der Waals surface area contributed by atoms with E-state index in [4.69, 9.17) is 4.74 Å². The molecule has 0 N–H and O–H groups in total. The second-order valence-electron chi connectivity index (χ2n) is 8.91. The molecule has 2 unspecified atom stereocenters. The molecule has 0 spiro atoms. The van der Waals surface area contributed by atoms with Crippen LogP contribution in [0.4, 0.5) is 0 Å².